The van der Waals surface area contributed by atoms with Crippen molar-refractivity contribution in [2.24, 2.45) is 0 Å². The summed E-state index contributed by atoms with van der Waals surface area (Å²) in [5.74, 6) is 1.74. The van der Waals surface area contributed by atoms with Gasteiger partial charge in [-0.1, -0.05) is 25.1 Å². The molecule has 5 nitrogen and oxygen atoms in total. The van der Waals surface area contributed by atoms with Crippen LogP contribution in [-0.2, 0) is 17.6 Å². The van der Waals surface area contributed by atoms with E-state index in [0.29, 0.717) is 6.54 Å². The third kappa shape index (κ3) is 4.21. The third-order valence-electron chi connectivity index (χ3n) is 4.82. The second-order valence-electron chi connectivity index (χ2n) is 7.01. The van der Waals surface area contributed by atoms with E-state index in [0.717, 1.165) is 48.7 Å². The summed E-state index contributed by atoms with van der Waals surface area (Å²) in [7, 11) is 0. The van der Waals surface area contributed by atoms with Gasteiger partial charge in [-0.05, 0) is 57.6 Å². The molecular weight excluding hydrogens is 324 g/mol. The number of aryl methyl sites for hydroxylation is 3. The molecule has 0 bridgehead atoms. The van der Waals surface area contributed by atoms with Gasteiger partial charge in [0.2, 0.25) is 5.91 Å². The Bertz CT molecular complexity index is 788. The molecule has 26 heavy (non-hydrogen) atoms. The summed E-state index contributed by atoms with van der Waals surface area (Å²) in [5.41, 5.74) is 4.34. The molecule has 3 rings (SSSR count). The monoisotopic (exact) mass is 352 g/mol. The molecular formula is C21H28N4O. The van der Waals surface area contributed by atoms with Gasteiger partial charge < -0.3 is 10.2 Å². The number of aromatic nitrogens is 2. The van der Waals surface area contributed by atoms with E-state index in [1.165, 1.54) is 24.1 Å². The van der Waals surface area contributed by atoms with Crippen LogP contribution in [0.4, 0.5) is 11.5 Å². The predicted octanol–water partition coefficient (Wildman–Crippen LogP) is 3.83. The normalized spacial score (nSPS) is 13.2. The molecule has 0 aliphatic heterocycles. The van der Waals surface area contributed by atoms with Crippen molar-refractivity contribution < 1.29 is 4.79 Å². The van der Waals surface area contributed by atoms with Crippen molar-refractivity contribution in [1.29, 1.82) is 0 Å². The summed E-state index contributed by atoms with van der Waals surface area (Å²) in [4.78, 5) is 24.2. The van der Waals surface area contributed by atoms with Gasteiger partial charge in [-0.25, -0.2) is 9.97 Å². The van der Waals surface area contributed by atoms with Gasteiger partial charge in [0.05, 0.1) is 6.54 Å². The first-order valence-corrected chi connectivity index (χ1v) is 9.55. The molecule has 1 heterocycles. The highest BCUT2D eigenvalue weighted by Crippen LogP contribution is 2.28. The number of fused-ring (bicyclic) bond motifs is 1. The number of para-hydroxylation sites is 1. The minimum absolute atomic E-state index is 0.00595. The number of carbonyl (C=O) groups excluding carboxylic acids is 1. The van der Waals surface area contributed by atoms with Crippen LogP contribution in [0, 0.1) is 13.8 Å². The van der Waals surface area contributed by atoms with Crippen LogP contribution >= 0.6 is 0 Å². The third-order valence-corrected chi connectivity index (χ3v) is 4.82. The fraction of sp³-hybridized carbons (Fsp3) is 0.476. The number of nitrogens with one attached hydrogen (secondary N) is 1. The van der Waals surface area contributed by atoms with Gasteiger partial charge >= 0.3 is 0 Å². The summed E-state index contributed by atoms with van der Waals surface area (Å²) < 4.78 is 0. The van der Waals surface area contributed by atoms with Crippen molar-refractivity contribution in [3.8, 4) is 0 Å². The Balaban J connectivity index is 1.82. The van der Waals surface area contributed by atoms with E-state index in [1.54, 1.807) is 0 Å². The van der Waals surface area contributed by atoms with Gasteiger partial charge in [-0.15, -0.1) is 0 Å². The van der Waals surface area contributed by atoms with Crippen LogP contribution in [0.15, 0.2) is 24.3 Å². The minimum Gasteiger partial charge on any atom is -0.347 e. The zero-order valence-electron chi connectivity index (χ0n) is 16.0. The average molecular weight is 352 g/mol. The Morgan fingerprint density at radius 1 is 1.15 bits per heavy atom. The number of amides is 1. The Morgan fingerprint density at radius 3 is 2.69 bits per heavy atom. The second kappa shape index (κ2) is 8.30. The van der Waals surface area contributed by atoms with E-state index < -0.39 is 0 Å². The smallest absolute Gasteiger partial charge is 0.243 e. The molecule has 0 radical (unpaired) electrons. The van der Waals surface area contributed by atoms with Crippen LogP contribution in [0.3, 0.4) is 0 Å². The molecule has 1 aliphatic rings. The maximum Gasteiger partial charge on any atom is 0.243 e. The highest BCUT2D eigenvalue weighted by molar-refractivity contribution is 5.94. The van der Waals surface area contributed by atoms with Gasteiger partial charge in [0, 0.05) is 23.5 Å². The van der Waals surface area contributed by atoms with E-state index in [9.17, 15) is 4.79 Å². The summed E-state index contributed by atoms with van der Waals surface area (Å²) in [6, 6.07) is 7.86. The molecule has 1 aromatic heterocycles. The molecule has 0 spiro atoms. The lowest BCUT2D eigenvalue weighted by Crippen LogP contribution is -2.36. The van der Waals surface area contributed by atoms with Crippen LogP contribution in [-0.4, -0.2) is 29.0 Å². The first-order valence-electron chi connectivity index (χ1n) is 9.55. The zero-order valence-corrected chi connectivity index (χ0v) is 16.0. The number of carbonyl (C=O) groups is 1. The number of rotatable bonds is 6. The van der Waals surface area contributed by atoms with Crippen LogP contribution in [0.25, 0.3) is 0 Å². The Labute approximate surface area is 155 Å². The summed E-state index contributed by atoms with van der Waals surface area (Å²) in [6.07, 6.45) is 5.34. The zero-order chi connectivity index (χ0) is 18.5. The minimum atomic E-state index is -0.00595. The molecule has 138 valence electrons. The molecule has 1 N–H and O–H groups in total. The molecule has 0 unspecified atom stereocenters. The fourth-order valence-electron chi connectivity index (χ4n) is 3.56. The number of hydrogen-bond donors (Lipinski definition) is 1. The molecule has 1 aromatic carbocycles. The van der Waals surface area contributed by atoms with Crippen molar-refractivity contribution in [2.75, 3.05) is 23.3 Å². The van der Waals surface area contributed by atoms with E-state index >= 15 is 0 Å². The first-order chi connectivity index (χ1) is 12.6. The van der Waals surface area contributed by atoms with Gasteiger partial charge in [0.1, 0.15) is 11.6 Å². The molecule has 0 saturated carbocycles. The number of anilines is 2. The van der Waals surface area contributed by atoms with Gasteiger partial charge in [-0.3, -0.25) is 4.79 Å². The number of benzene rings is 1. The lowest BCUT2D eigenvalue weighted by Gasteiger charge is -2.28. The highest BCUT2D eigenvalue weighted by atomic mass is 16.2. The summed E-state index contributed by atoms with van der Waals surface area (Å²) >= 11 is 0. The van der Waals surface area contributed by atoms with E-state index in [2.05, 4.69) is 22.1 Å². The topological polar surface area (TPSA) is 58.1 Å². The number of hydrogen-bond acceptors (Lipinski definition) is 4. The van der Waals surface area contributed by atoms with E-state index in [4.69, 9.17) is 4.98 Å². The summed E-state index contributed by atoms with van der Waals surface area (Å²) in [5, 5.41) is 3.04. The van der Waals surface area contributed by atoms with Crippen LogP contribution < -0.4 is 10.2 Å². The van der Waals surface area contributed by atoms with Crippen molar-refractivity contribution in [1.82, 2.24) is 9.97 Å². The first kappa shape index (κ1) is 18.4. The predicted molar refractivity (Wildman–Crippen MR) is 106 cm³/mol. The Kier molecular flexibility index (Phi) is 5.86. The van der Waals surface area contributed by atoms with E-state index in [1.807, 2.05) is 38.1 Å². The molecule has 5 heteroatoms. The van der Waals surface area contributed by atoms with Crippen molar-refractivity contribution in [3.63, 3.8) is 0 Å². The van der Waals surface area contributed by atoms with Crippen molar-refractivity contribution in [2.45, 2.75) is 52.9 Å². The lowest BCUT2D eigenvalue weighted by atomic mass is 9.96. The standard InChI is InChI=1S/C21H28N4O/c1-4-13-25(14-20(26)24-18-11-7-5-9-15(18)2)21-17-10-6-8-12-19(17)22-16(3)23-21/h5,7,9,11H,4,6,8,10,12-14H2,1-3H3,(H,24,26). The lowest BCUT2D eigenvalue weighted by molar-refractivity contribution is -0.115. The van der Waals surface area contributed by atoms with Crippen molar-refractivity contribution >= 4 is 17.4 Å². The molecule has 0 atom stereocenters. The van der Waals surface area contributed by atoms with Crippen LogP contribution in [0.2, 0.25) is 0 Å². The van der Waals surface area contributed by atoms with Gasteiger partial charge in [-0.2, -0.15) is 0 Å². The average Bonchev–Trinajstić information content (AvgIpc) is 2.62. The van der Waals surface area contributed by atoms with Gasteiger partial charge in [0.25, 0.3) is 0 Å². The van der Waals surface area contributed by atoms with Crippen LogP contribution in [0.5, 0.6) is 0 Å². The fourth-order valence-corrected chi connectivity index (χ4v) is 3.56. The number of nitrogens with zero attached hydrogens (tertiary/aromatic N) is 3. The SMILES string of the molecule is CCCN(CC(=O)Nc1ccccc1C)c1nc(C)nc2c1CCCC2. The summed E-state index contributed by atoms with van der Waals surface area (Å²) in [6.45, 7) is 7.20. The molecule has 1 aliphatic carbocycles. The molecule has 2 aromatic rings. The second-order valence-corrected chi connectivity index (χ2v) is 7.01. The quantitative estimate of drug-likeness (QED) is 0.858. The van der Waals surface area contributed by atoms with Crippen molar-refractivity contribution in [3.05, 3.63) is 46.9 Å². The van der Waals surface area contributed by atoms with E-state index in [-0.39, 0.29) is 5.91 Å². The van der Waals surface area contributed by atoms with Gasteiger partial charge in [0.15, 0.2) is 0 Å². The maximum atomic E-state index is 12.7. The largest absolute Gasteiger partial charge is 0.347 e. The maximum absolute atomic E-state index is 12.7. The molecule has 0 saturated heterocycles. The Morgan fingerprint density at radius 2 is 1.92 bits per heavy atom. The van der Waals surface area contributed by atoms with Crippen LogP contribution in [0.1, 0.15) is 48.8 Å². The Hall–Kier alpha value is -2.43. The molecule has 1 amide bonds. The molecule has 0 fully saturated rings. The highest BCUT2D eigenvalue weighted by Gasteiger charge is 2.22.